The van der Waals surface area contributed by atoms with Crippen LogP contribution in [0.3, 0.4) is 0 Å². The summed E-state index contributed by atoms with van der Waals surface area (Å²) in [5.41, 5.74) is 0.984. The fraction of sp³-hybridized carbons (Fsp3) is 0.250. The monoisotopic (exact) mass is 384 g/mol. The molecule has 1 aromatic heterocycles. The number of rotatable bonds is 7. The Kier molecular flexibility index (Phi) is 6.08. The van der Waals surface area contributed by atoms with Crippen molar-refractivity contribution in [2.75, 3.05) is 6.54 Å². The van der Waals surface area contributed by atoms with Gasteiger partial charge in [0, 0.05) is 17.1 Å². The summed E-state index contributed by atoms with van der Waals surface area (Å²) in [7, 11) is 0. The minimum atomic E-state index is -0.373. The maximum atomic E-state index is 13.0. The summed E-state index contributed by atoms with van der Waals surface area (Å²) in [6, 6.07) is 16.2. The van der Waals surface area contributed by atoms with Crippen LogP contribution in [0, 0.1) is 0 Å². The first-order chi connectivity index (χ1) is 13.1. The van der Waals surface area contributed by atoms with Crippen molar-refractivity contribution in [3.8, 4) is 17.1 Å². The van der Waals surface area contributed by atoms with E-state index in [0.717, 1.165) is 18.4 Å². The maximum Gasteiger partial charge on any atom is 0.351 e. The molecule has 0 unspecified atom stereocenters. The number of benzene rings is 2. The van der Waals surface area contributed by atoms with Crippen LogP contribution in [0.4, 0.5) is 0 Å². The molecule has 1 heterocycles. The van der Waals surface area contributed by atoms with E-state index >= 15 is 0 Å². The van der Waals surface area contributed by atoms with Crippen LogP contribution in [-0.2, 0) is 11.3 Å². The Bertz CT molecular complexity index is 962. The molecule has 1 N–H and O–H groups in total. The largest absolute Gasteiger partial charge is 0.355 e. The molecule has 140 valence electrons. The molecule has 3 aromatic rings. The summed E-state index contributed by atoms with van der Waals surface area (Å²) in [4.78, 5) is 25.3. The lowest BCUT2D eigenvalue weighted by molar-refractivity contribution is -0.121. The Morgan fingerprint density at radius 1 is 1.11 bits per heavy atom. The zero-order chi connectivity index (χ0) is 19.2. The second-order valence-corrected chi connectivity index (χ2v) is 6.59. The third-order valence-electron chi connectivity index (χ3n) is 4.12. The van der Waals surface area contributed by atoms with E-state index < -0.39 is 0 Å². The van der Waals surface area contributed by atoms with E-state index in [-0.39, 0.29) is 18.1 Å². The van der Waals surface area contributed by atoms with Crippen molar-refractivity contribution in [2.45, 2.75) is 26.3 Å². The van der Waals surface area contributed by atoms with E-state index in [1.54, 1.807) is 24.3 Å². The molecule has 0 radical (unpaired) electrons. The zero-order valence-corrected chi connectivity index (χ0v) is 15.8. The average molecular weight is 385 g/mol. The van der Waals surface area contributed by atoms with Crippen LogP contribution in [0.2, 0.25) is 5.02 Å². The molecule has 0 aliphatic heterocycles. The third-order valence-corrected chi connectivity index (χ3v) is 4.37. The van der Waals surface area contributed by atoms with Crippen LogP contribution in [-0.4, -0.2) is 26.8 Å². The van der Waals surface area contributed by atoms with E-state index in [1.165, 1.54) is 9.25 Å². The fourth-order valence-corrected chi connectivity index (χ4v) is 2.82. The number of carbonyl (C=O) groups is 1. The number of halogens is 1. The first-order valence-electron chi connectivity index (χ1n) is 8.88. The Morgan fingerprint density at radius 2 is 1.81 bits per heavy atom. The van der Waals surface area contributed by atoms with Gasteiger partial charge in [0.05, 0.1) is 5.69 Å². The van der Waals surface area contributed by atoms with E-state index in [1.807, 2.05) is 30.3 Å². The topological polar surface area (TPSA) is 68.9 Å². The van der Waals surface area contributed by atoms with Crippen LogP contribution < -0.4 is 11.0 Å². The standard InChI is InChI=1S/C20H21ClN4O2/c1-2-3-13-22-18(26)14-24-19(15-7-5-4-6-8-15)23-25(20(24)27)17-11-9-16(21)10-12-17/h4-12H,2-3,13-14H2,1H3,(H,22,26). The van der Waals surface area contributed by atoms with Crippen molar-refractivity contribution in [2.24, 2.45) is 0 Å². The molecule has 7 heteroatoms. The highest BCUT2D eigenvalue weighted by molar-refractivity contribution is 6.30. The second-order valence-electron chi connectivity index (χ2n) is 6.15. The van der Waals surface area contributed by atoms with E-state index in [2.05, 4.69) is 17.3 Å². The Balaban J connectivity index is 2.00. The van der Waals surface area contributed by atoms with Crippen LogP contribution >= 0.6 is 11.6 Å². The summed E-state index contributed by atoms with van der Waals surface area (Å²) in [6.45, 7) is 2.57. The smallest absolute Gasteiger partial charge is 0.351 e. The van der Waals surface area contributed by atoms with Crippen LogP contribution in [0.25, 0.3) is 17.1 Å². The molecule has 1 amide bonds. The maximum absolute atomic E-state index is 13.0. The molecule has 0 fully saturated rings. The van der Waals surface area contributed by atoms with Gasteiger partial charge in [-0.05, 0) is 30.7 Å². The van der Waals surface area contributed by atoms with Crippen molar-refractivity contribution in [3.63, 3.8) is 0 Å². The quantitative estimate of drug-likeness (QED) is 0.635. The van der Waals surface area contributed by atoms with Crippen molar-refractivity contribution in [1.82, 2.24) is 19.7 Å². The Morgan fingerprint density at radius 3 is 2.48 bits per heavy atom. The highest BCUT2D eigenvalue weighted by atomic mass is 35.5. The minimum absolute atomic E-state index is 0.0830. The highest BCUT2D eigenvalue weighted by Gasteiger charge is 2.18. The lowest BCUT2D eigenvalue weighted by Gasteiger charge is -2.06. The van der Waals surface area contributed by atoms with Gasteiger partial charge >= 0.3 is 5.69 Å². The molecule has 2 aromatic carbocycles. The number of hydrogen-bond acceptors (Lipinski definition) is 3. The molecular formula is C20H21ClN4O2. The molecule has 0 bridgehead atoms. The molecule has 0 saturated heterocycles. The SMILES string of the molecule is CCCCNC(=O)Cn1c(-c2ccccc2)nn(-c2ccc(Cl)cc2)c1=O. The van der Waals surface area contributed by atoms with Gasteiger partial charge in [-0.25, -0.2) is 4.79 Å². The first-order valence-corrected chi connectivity index (χ1v) is 9.26. The van der Waals surface area contributed by atoms with Gasteiger partial charge in [-0.15, -0.1) is 5.10 Å². The number of carbonyl (C=O) groups excluding carboxylic acids is 1. The van der Waals surface area contributed by atoms with Gasteiger partial charge in [0.2, 0.25) is 5.91 Å². The minimum Gasteiger partial charge on any atom is -0.355 e. The van der Waals surface area contributed by atoms with Crippen molar-refractivity contribution in [1.29, 1.82) is 0 Å². The van der Waals surface area contributed by atoms with Gasteiger partial charge < -0.3 is 5.32 Å². The lowest BCUT2D eigenvalue weighted by Crippen LogP contribution is -2.33. The summed E-state index contributed by atoms with van der Waals surface area (Å²) < 4.78 is 2.68. The Hall–Kier alpha value is -2.86. The van der Waals surface area contributed by atoms with Crippen LogP contribution in [0.1, 0.15) is 19.8 Å². The zero-order valence-electron chi connectivity index (χ0n) is 15.1. The molecule has 0 aliphatic carbocycles. The van der Waals surface area contributed by atoms with Gasteiger partial charge in [-0.3, -0.25) is 9.36 Å². The molecule has 3 rings (SSSR count). The molecular weight excluding hydrogens is 364 g/mol. The predicted molar refractivity (Wildman–Crippen MR) is 106 cm³/mol. The molecule has 27 heavy (non-hydrogen) atoms. The summed E-state index contributed by atoms with van der Waals surface area (Å²) >= 11 is 5.93. The van der Waals surface area contributed by atoms with Crippen LogP contribution in [0.15, 0.2) is 59.4 Å². The van der Waals surface area contributed by atoms with E-state index in [4.69, 9.17) is 11.6 Å². The van der Waals surface area contributed by atoms with Crippen molar-refractivity contribution in [3.05, 3.63) is 70.1 Å². The van der Waals surface area contributed by atoms with Gasteiger partial charge in [-0.1, -0.05) is 55.3 Å². The first kappa shape index (κ1) is 18.9. The van der Waals surface area contributed by atoms with E-state index in [9.17, 15) is 9.59 Å². The normalized spacial score (nSPS) is 10.7. The average Bonchev–Trinajstić information content (AvgIpc) is 3.00. The number of hydrogen-bond donors (Lipinski definition) is 1. The summed E-state index contributed by atoms with van der Waals surface area (Å²) in [6.07, 6.45) is 1.89. The number of nitrogens with zero attached hydrogens (tertiary/aromatic N) is 3. The third kappa shape index (κ3) is 4.46. The van der Waals surface area contributed by atoms with Gasteiger partial charge in [0.15, 0.2) is 5.82 Å². The molecule has 0 aliphatic rings. The van der Waals surface area contributed by atoms with Gasteiger partial charge in [0.25, 0.3) is 0 Å². The number of aromatic nitrogens is 3. The highest BCUT2D eigenvalue weighted by Crippen LogP contribution is 2.17. The predicted octanol–water partition coefficient (Wildman–Crippen LogP) is 3.27. The van der Waals surface area contributed by atoms with Crippen LogP contribution in [0.5, 0.6) is 0 Å². The molecule has 6 nitrogen and oxygen atoms in total. The van der Waals surface area contributed by atoms with E-state index in [0.29, 0.717) is 23.1 Å². The second kappa shape index (κ2) is 8.68. The molecule has 0 atom stereocenters. The summed E-state index contributed by atoms with van der Waals surface area (Å²) in [5, 5.41) is 7.89. The number of amides is 1. The lowest BCUT2D eigenvalue weighted by atomic mass is 10.2. The number of nitrogens with one attached hydrogen (secondary N) is 1. The van der Waals surface area contributed by atoms with Gasteiger partial charge in [-0.2, -0.15) is 4.68 Å². The summed E-state index contributed by atoms with van der Waals surface area (Å²) in [5.74, 6) is 0.236. The van der Waals surface area contributed by atoms with Crippen molar-refractivity contribution >= 4 is 17.5 Å². The molecule has 0 saturated carbocycles. The van der Waals surface area contributed by atoms with Crippen molar-refractivity contribution < 1.29 is 4.79 Å². The van der Waals surface area contributed by atoms with Gasteiger partial charge in [0.1, 0.15) is 6.54 Å². The molecule has 0 spiro atoms. The fourth-order valence-electron chi connectivity index (χ4n) is 2.69. The Labute approximate surface area is 162 Å². The number of unbranched alkanes of at least 4 members (excludes halogenated alkanes) is 1.